The molecule has 3 aliphatic rings. The van der Waals surface area contributed by atoms with Crippen molar-refractivity contribution in [2.24, 2.45) is 5.73 Å². The predicted molar refractivity (Wildman–Crippen MR) is 85.0 cm³/mol. The zero-order valence-electron chi connectivity index (χ0n) is 13.3. The Balaban J connectivity index is 1.45. The lowest BCUT2D eigenvalue weighted by Crippen LogP contribution is -2.58. The highest BCUT2D eigenvalue weighted by Crippen LogP contribution is 2.28. The number of carbonyl (C=O) groups is 1. The first-order chi connectivity index (χ1) is 10.2. The van der Waals surface area contributed by atoms with Gasteiger partial charge in [0.25, 0.3) is 0 Å². The van der Waals surface area contributed by atoms with Gasteiger partial charge in [-0.3, -0.25) is 4.79 Å². The van der Waals surface area contributed by atoms with Crippen LogP contribution in [0.3, 0.4) is 0 Å². The van der Waals surface area contributed by atoms with E-state index in [1.165, 1.54) is 32.1 Å². The minimum atomic E-state index is -0.583. The van der Waals surface area contributed by atoms with Gasteiger partial charge in [-0.15, -0.1) is 0 Å². The third-order valence-corrected chi connectivity index (χ3v) is 5.90. The number of nitrogens with one attached hydrogen (secondary N) is 1. The first kappa shape index (κ1) is 15.3. The van der Waals surface area contributed by atoms with Gasteiger partial charge in [0.1, 0.15) is 0 Å². The summed E-state index contributed by atoms with van der Waals surface area (Å²) in [6.07, 6.45) is 12.9. The van der Waals surface area contributed by atoms with Crippen molar-refractivity contribution in [2.75, 3.05) is 13.1 Å². The van der Waals surface area contributed by atoms with Crippen LogP contribution in [0.5, 0.6) is 0 Å². The Morgan fingerprint density at radius 2 is 1.57 bits per heavy atom. The summed E-state index contributed by atoms with van der Waals surface area (Å²) < 4.78 is 0. The molecule has 0 aromatic heterocycles. The number of likely N-dealkylation sites (tertiary alicyclic amines) is 1. The van der Waals surface area contributed by atoms with Gasteiger partial charge < -0.3 is 16.0 Å². The summed E-state index contributed by atoms with van der Waals surface area (Å²) in [6.45, 7) is 2.29. The Bertz CT molecular complexity index is 351. The number of amides is 1. The van der Waals surface area contributed by atoms with E-state index in [4.69, 9.17) is 5.73 Å². The average Bonchev–Trinajstić information content (AvgIpc) is 3.03. The second kappa shape index (κ2) is 6.66. The SMILES string of the molecule is NC1(C(=O)NC2CCN(C3CCCC3)CC2)CCCCC1. The van der Waals surface area contributed by atoms with Gasteiger partial charge in [-0.2, -0.15) is 0 Å². The minimum absolute atomic E-state index is 0.113. The maximum Gasteiger partial charge on any atom is 0.240 e. The maximum absolute atomic E-state index is 12.5. The lowest BCUT2D eigenvalue weighted by atomic mass is 9.81. The first-order valence-electron chi connectivity index (χ1n) is 9.01. The molecule has 2 aliphatic carbocycles. The van der Waals surface area contributed by atoms with Crippen LogP contribution in [0.2, 0.25) is 0 Å². The molecule has 0 bridgehead atoms. The normalized spacial score (nSPS) is 28.6. The van der Waals surface area contributed by atoms with Crippen molar-refractivity contribution >= 4 is 5.91 Å². The van der Waals surface area contributed by atoms with Crippen molar-refractivity contribution < 1.29 is 4.79 Å². The van der Waals surface area contributed by atoms with Crippen molar-refractivity contribution in [2.45, 2.75) is 88.3 Å². The largest absolute Gasteiger partial charge is 0.352 e. The smallest absolute Gasteiger partial charge is 0.240 e. The number of nitrogens with two attached hydrogens (primary N) is 1. The molecule has 1 amide bonds. The standard InChI is InChI=1S/C17H31N3O/c18-17(10-4-1-5-11-17)16(21)19-14-8-12-20(13-9-14)15-6-2-3-7-15/h14-15H,1-13,18H2,(H,19,21). The Morgan fingerprint density at radius 1 is 0.952 bits per heavy atom. The third-order valence-electron chi connectivity index (χ3n) is 5.90. The lowest BCUT2D eigenvalue weighted by molar-refractivity contribution is -0.128. The fraction of sp³-hybridized carbons (Fsp3) is 0.941. The van der Waals surface area contributed by atoms with Crippen LogP contribution in [0.4, 0.5) is 0 Å². The molecule has 0 atom stereocenters. The van der Waals surface area contributed by atoms with E-state index >= 15 is 0 Å². The summed E-state index contributed by atoms with van der Waals surface area (Å²) in [6, 6.07) is 1.17. The van der Waals surface area contributed by atoms with Crippen LogP contribution < -0.4 is 11.1 Å². The van der Waals surface area contributed by atoms with E-state index in [1.54, 1.807) is 0 Å². The molecule has 21 heavy (non-hydrogen) atoms. The highest BCUT2D eigenvalue weighted by molar-refractivity contribution is 5.86. The van der Waals surface area contributed by atoms with Gasteiger partial charge >= 0.3 is 0 Å². The topological polar surface area (TPSA) is 58.4 Å². The zero-order valence-corrected chi connectivity index (χ0v) is 13.3. The molecule has 3 fully saturated rings. The minimum Gasteiger partial charge on any atom is -0.352 e. The van der Waals surface area contributed by atoms with Gasteiger partial charge in [0.05, 0.1) is 5.54 Å². The van der Waals surface area contributed by atoms with Crippen molar-refractivity contribution in [3.05, 3.63) is 0 Å². The van der Waals surface area contributed by atoms with Crippen LogP contribution in [0, 0.1) is 0 Å². The van der Waals surface area contributed by atoms with Crippen LogP contribution in [-0.4, -0.2) is 41.5 Å². The Kier molecular flexibility index (Phi) is 4.85. The third kappa shape index (κ3) is 3.59. The number of hydrogen-bond donors (Lipinski definition) is 2. The van der Waals surface area contributed by atoms with E-state index < -0.39 is 5.54 Å². The molecular formula is C17H31N3O. The number of piperidine rings is 1. The van der Waals surface area contributed by atoms with Gasteiger partial charge in [0.15, 0.2) is 0 Å². The molecule has 0 aromatic rings. The molecule has 3 N–H and O–H groups in total. The second-order valence-electron chi connectivity index (χ2n) is 7.44. The molecule has 2 saturated carbocycles. The van der Waals surface area contributed by atoms with Crippen molar-refractivity contribution in [1.82, 2.24) is 10.2 Å². The Hall–Kier alpha value is -0.610. The molecule has 4 heteroatoms. The van der Waals surface area contributed by atoms with E-state index in [0.29, 0.717) is 6.04 Å². The molecule has 0 unspecified atom stereocenters. The molecule has 4 nitrogen and oxygen atoms in total. The van der Waals surface area contributed by atoms with Gasteiger partial charge in [0, 0.05) is 25.2 Å². The van der Waals surface area contributed by atoms with Crippen LogP contribution in [0.15, 0.2) is 0 Å². The Morgan fingerprint density at radius 3 is 2.19 bits per heavy atom. The van der Waals surface area contributed by atoms with Crippen molar-refractivity contribution in [3.63, 3.8) is 0 Å². The summed E-state index contributed by atoms with van der Waals surface area (Å²) >= 11 is 0. The highest BCUT2D eigenvalue weighted by Gasteiger charge is 2.37. The maximum atomic E-state index is 12.5. The summed E-state index contributed by atoms with van der Waals surface area (Å²) in [7, 11) is 0. The monoisotopic (exact) mass is 293 g/mol. The molecule has 0 radical (unpaired) electrons. The number of rotatable bonds is 3. The van der Waals surface area contributed by atoms with Gasteiger partial charge in [-0.25, -0.2) is 0 Å². The summed E-state index contributed by atoms with van der Waals surface area (Å²) in [5.74, 6) is 0.113. The van der Waals surface area contributed by atoms with Crippen molar-refractivity contribution in [3.8, 4) is 0 Å². The van der Waals surface area contributed by atoms with E-state index in [-0.39, 0.29) is 5.91 Å². The summed E-state index contributed by atoms with van der Waals surface area (Å²) in [4.78, 5) is 15.1. The molecule has 120 valence electrons. The molecule has 1 aliphatic heterocycles. The highest BCUT2D eigenvalue weighted by atomic mass is 16.2. The van der Waals surface area contributed by atoms with Gasteiger partial charge in [0.2, 0.25) is 5.91 Å². The van der Waals surface area contributed by atoms with E-state index in [1.807, 2.05) is 0 Å². The molecule has 0 spiro atoms. The summed E-state index contributed by atoms with van der Waals surface area (Å²) in [5.41, 5.74) is 5.74. The average molecular weight is 293 g/mol. The molecular weight excluding hydrogens is 262 g/mol. The first-order valence-corrected chi connectivity index (χ1v) is 9.01. The van der Waals surface area contributed by atoms with Gasteiger partial charge in [-0.05, 0) is 38.5 Å². The number of nitrogens with zero attached hydrogens (tertiary/aromatic N) is 1. The molecule has 3 rings (SSSR count). The van der Waals surface area contributed by atoms with E-state index in [9.17, 15) is 4.79 Å². The number of hydrogen-bond acceptors (Lipinski definition) is 3. The predicted octanol–water partition coefficient (Wildman–Crippen LogP) is 2.17. The van der Waals surface area contributed by atoms with Crippen LogP contribution >= 0.6 is 0 Å². The number of carbonyl (C=O) groups excluding carboxylic acids is 1. The molecule has 1 saturated heterocycles. The molecule has 1 heterocycles. The van der Waals surface area contributed by atoms with E-state index in [2.05, 4.69) is 10.2 Å². The van der Waals surface area contributed by atoms with Crippen LogP contribution in [0.25, 0.3) is 0 Å². The van der Waals surface area contributed by atoms with Crippen LogP contribution in [0.1, 0.15) is 70.6 Å². The quantitative estimate of drug-likeness (QED) is 0.838. The second-order valence-corrected chi connectivity index (χ2v) is 7.44. The lowest BCUT2D eigenvalue weighted by Gasteiger charge is -2.38. The van der Waals surface area contributed by atoms with E-state index in [0.717, 1.165) is 57.7 Å². The van der Waals surface area contributed by atoms with Gasteiger partial charge in [-0.1, -0.05) is 32.1 Å². The zero-order chi connectivity index (χ0) is 14.7. The summed E-state index contributed by atoms with van der Waals surface area (Å²) in [5, 5.41) is 3.25. The van der Waals surface area contributed by atoms with Crippen LogP contribution in [-0.2, 0) is 4.79 Å². The fourth-order valence-electron chi connectivity index (χ4n) is 4.42. The Labute approximate surface area is 128 Å². The fourth-order valence-corrected chi connectivity index (χ4v) is 4.42. The molecule has 0 aromatic carbocycles. The van der Waals surface area contributed by atoms with Crippen molar-refractivity contribution in [1.29, 1.82) is 0 Å².